The second-order valence-electron chi connectivity index (χ2n) is 6.05. The summed E-state index contributed by atoms with van der Waals surface area (Å²) in [6.07, 6.45) is 2.68. The Labute approximate surface area is 104 Å². The van der Waals surface area contributed by atoms with Gasteiger partial charge in [-0.2, -0.15) is 0 Å². The summed E-state index contributed by atoms with van der Waals surface area (Å²) in [4.78, 5) is 0. The Kier molecular flexibility index (Phi) is 3.78. The molecule has 0 bridgehead atoms. The van der Waals surface area contributed by atoms with Crippen LogP contribution in [-0.2, 0) is 9.47 Å². The maximum absolute atomic E-state index is 10.4. The summed E-state index contributed by atoms with van der Waals surface area (Å²) >= 11 is 0. The van der Waals surface area contributed by atoms with E-state index in [-0.39, 0.29) is 11.7 Å². The highest BCUT2D eigenvalue weighted by atomic mass is 16.5. The van der Waals surface area contributed by atoms with Crippen LogP contribution in [0.15, 0.2) is 0 Å². The van der Waals surface area contributed by atoms with Gasteiger partial charge in [0.05, 0.1) is 11.7 Å². The summed E-state index contributed by atoms with van der Waals surface area (Å²) in [5, 5.41) is 13.9. The van der Waals surface area contributed by atoms with Gasteiger partial charge < -0.3 is 19.9 Å². The standard InChI is InChI=1S/C13H25NO3/c1-10-13(15,5-7-16-10)9-14-11-4-6-17-12(2,3)8-11/h10-11,14-15H,4-9H2,1-3H3. The first-order chi connectivity index (χ1) is 7.91. The van der Waals surface area contributed by atoms with Gasteiger partial charge in [-0.1, -0.05) is 0 Å². The van der Waals surface area contributed by atoms with Crippen molar-refractivity contribution in [2.45, 2.75) is 63.4 Å². The van der Waals surface area contributed by atoms with E-state index in [4.69, 9.17) is 9.47 Å². The molecule has 0 amide bonds. The molecule has 0 spiro atoms. The second kappa shape index (κ2) is 4.84. The van der Waals surface area contributed by atoms with Crippen LogP contribution < -0.4 is 5.32 Å². The Bertz CT molecular complexity index is 269. The predicted molar refractivity (Wildman–Crippen MR) is 66.0 cm³/mol. The first-order valence-electron chi connectivity index (χ1n) is 6.63. The minimum absolute atomic E-state index is 0.0453. The lowest BCUT2D eigenvalue weighted by Crippen LogP contribution is -2.51. The molecule has 0 saturated carbocycles. The van der Waals surface area contributed by atoms with Crippen LogP contribution in [0.25, 0.3) is 0 Å². The van der Waals surface area contributed by atoms with E-state index in [1.54, 1.807) is 0 Å². The van der Waals surface area contributed by atoms with Crippen molar-refractivity contribution in [2.24, 2.45) is 0 Å². The maximum atomic E-state index is 10.4. The Hall–Kier alpha value is -0.160. The maximum Gasteiger partial charge on any atom is 0.105 e. The third-order valence-electron chi connectivity index (χ3n) is 4.05. The van der Waals surface area contributed by atoms with Gasteiger partial charge in [0.15, 0.2) is 0 Å². The van der Waals surface area contributed by atoms with Gasteiger partial charge in [0.25, 0.3) is 0 Å². The highest BCUT2D eigenvalue weighted by molar-refractivity contribution is 4.93. The normalized spacial score (nSPS) is 41.6. The number of nitrogens with one attached hydrogen (secondary N) is 1. The monoisotopic (exact) mass is 243 g/mol. The van der Waals surface area contributed by atoms with Crippen LogP contribution >= 0.6 is 0 Å². The van der Waals surface area contributed by atoms with Crippen LogP contribution in [0, 0.1) is 0 Å². The van der Waals surface area contributed by atoms with Gasteiger partial charge in [-0.25, -0.2) is 0 Å². The van der Waals surface area contributed by atoms with Crippen molar-refractivity contribution in [3.8, 4) is 0 Å². The van der Waals surface area contributed by atoms with E-state index < -0.39 is 5.60 Å². The molecular formula is C13H25NO3. The van der Waals surface area contributed by atoms with Crippen molar-refractivity contribution in [2.75, 3.05) is 19.8 Å². The highest BCUT2D eigenvalue weighted by Gasteiger charge is 2.40. The Morgan fingerprint density at radius 3 is 2.71 bits per heavy atom. The fourth-order valence-corrected chi connectivity index (χ4v) is 2.73. The van der Waals surface area contributed by atoms with Crippen LogP contribution in [0.2, 0.25) is 0 Å². The van der Waals surface area contributed by atoms with Crippen molar-refractivity contribution in [3.63, 3.8) is 0 Å². The summed E-state index contributed by atoms with van der Waals surface area (Å²) < 4.78 is 11.1. The molecule has 3 unspecified atom stereocenters. The Balaban J connectivity index is 1.82. The van der Waals surface area contributed by atoms with E-state index in [1.165, 1.54) is 0 Å². The molecule has 17 heavy (non-hydrogen) atoms. The van der Waals surface area contributed by atoms with E-state index >= 15 is 0 Å². The fraction of sp³-hybridized carbons (Fsp3) is 1.00. The molecule has 2 aliphatic rings. The predicted octanol–water partition coefficient (Wildman–Crippen LogP) is 1.07. The molecule has 0 radical (unpaired) electrons. The molecule has 2 fully saturated rings. The molecule has 2 N–H and O–H groups in total. The van der Waals surface area contributed by atoms with E-state index in [1.807, 2.05) is 6.92 Å². The van der Waals surface area contributed by atoms with Crippen molar-refractivity contribution in [3.05, 3.63) is 0 Å². The van der Waals surface area contributed by atoms with Crippen LogP contribution in [-0.4, -0.2) is 48.2 Å². The number of ether oxygens (including phenoxy) is 2. The van der Waals surface area contributed by atoms with Gasteiger partial charge in [-0.05, 0) is 33.6 Å². The minimum Gasteiger partial charge on any atom is -0.386 e. The van der Waals surface area contributed by atoms with Crippen molar-refractivity contribution in [1.29, 1.82) is 0 Å². The zero-order chi connectivity index (χ0) is 12.5. The molecular weight excluding hydrogens is 218 g/mol. The van der Waals surface area contributed by atoms with Gasteiger partial charge in [0.2, 0.25) is 0 Å². The molecule has 0 aromatic rings. The van der Waals surface area contributed by atoms with Gasteiger partial charge in [0, 0.05) is 32.2 Å². The molecule has 4 nitrogen and oxygen atoms in total. The van der Waals surface area contributed by atoms with Gasteiger partial charge in [-0.3, -0.25) is 0 Å². The third-order valence-corrected chi connectivity index (χ3v) is 4.05. The molecule has 2 saturated heterocycles. The number of rotatable bonds is 3. The molecule has 100 valence electrons. The lowest BCUT2D eigenvalue weighted by molar-refractivity contribution is -0.0700. The number of hydrogen-bond donors (Lipinski definition) is 2. The number of aliphatic hydroxyl groups is 1. The summed E-state index contributed by atoms with van der Waals surface area (Å²) in [6.45, 7) is 8.28. The van der Waals surface area contributed by atoms with Crippen LogP contribution in [0.5, 0.6) is 0 Å². The van der Waals surface area contributed by atoms with Crippen LogP contribution in [0.1, 0.15) is 40.0 Å². The van der Waals surface area contributed by atoms with Crippen molar-refractivity contribution >= 4 is 0 Å². The first-order valence-corrected chi connectivity index (χ1v) is 6.63. The Morgan fingerprint density at radius 2 is 2.12 bits per heavy atom. The molecule has 2 aliphatic heterocycles. The molecule has 2 heterocycles. The summed E-state index contributed by atoms with van der Waals surface area (Å²) in [5.41, 5.74) is -0.737. The molecule has 2 rings (SSSR count). The summed E-state index contributed by atoms with van der Waals surface area (Å²) in [5.74, 6) is 0. The fourth-order valence-electron chi connectivity index (χ4n) is 2.73. The average molecular weight is 243 g/mol. The largest absolute Gasteiger partial charge is 0.386 e. The smallest absolute Gasteiger partial charge is 0.105 e. The van der Waals surface area contributed by atoms with E-state index in [9.17, 15) is 5.11 Å². The highest BCUT2D eigenvalue weighted by Crippen LogP contribution is 2.27. The van der Waals surface area contributed by atoms with Crippen LogP contribution in [0.3, 0.4) is 0 Å². The van der Waals surface area contributed by atoms with Gasteiger partial charge >= 0.3 is 0 Å². The van der Waals surface area contributed by atoms with Gasteiger partial charge in [0.1, 0.15) is 5.60 Å². The topological polar surface area (TPSA) is 50.7 Å². The third kappa shape index (κ3) is 3.19. The van der Waals surface area contributed by atoms with Crippen LogP contribution in [0.4, 0.5) is 0 Å². The molecule has 4 heteroatoms. The zero-order valence-corrected chi connectivity index (χ0v) is 11.2. The minimum atomic E-state index is -0.692. The lowest BCUT2D eigenvalue weighted by atomic mass is 9.92. The van der Waals surface area contributed by atoms with E-state index in [0.29, 0.717) is 19.2 Å². The molecule has 3 atom stereocenters. The Morgan fingerprint density at radius 1 is 1.35 bits per heavy atom. The zero-order valence-electron chi connectivity index (χ0n) is 11.2. The molecule has 0 aliphatic carbocycles. The first kappa shape index (κ1) is 13.3. The van der Waals surface area contributed by atoms with Gasteiger partial charge in [-0.15, -0.1) is 0 Å². The quantitative estimate of drug-likeness (QED) is 0.778. The lowest BCUT2D eigenvalue weighted by Gasteiger charge is -2.37. The van der Waals surface area contributed by atoms with Crippen molar-refractivity contribution < 1.29 is 14.6 Å². The van der Waals surface area contributed by atoms with E-state index in [2.05, 4.69) is 19.2 Å². The molecule has 0 aromatic heterocycles. The van der Waals surface area contributed by atoms with E-state index in [0.717, 1.165) is 25.9 Å². The van der Waals surface area contributed by atoms with Crippen molar-refractivity contribution in [1.82, 2.24) is 5.32 Å². The SMILES string of the molecule is CC1OCCC1(O)CNC1CCOC(C)(C)C1. The molecule has 0 aromatic carbocycles. The average Bonchev–Trinajstić information content (AvgIpc) is 2.56. The second-order valence-corrected chi connectivity index (χ2v) is 6.05. The number of hydrogen-bond acceptors (Lipinski definition) is 4. The summed E-state index contributed by atoms with van der Waals surface area (Å²) in [6, 6.07) is 0.440. The summed E-state index contributed by atoms with van der Waals surface area (Å²) in [7, 11) is 0.